The molecule has 3 heteroatoms. The second kappa shape index (κ2) is 3.00. The number of fused-ring (bicyclic) bond motifs is 5. The van der Waals surface area contributed by atoms with Crippen molar-refractivity contribution in [3.05, 3.63) is 41.9 Å². The number of imidazole rings is 1. The summed E-state index contributed by atoms with van der Waals surface area (Å²) in [5.41, 5.74) is 5.14. The van der Waals surface area contributed by atoms with E-state index in [9.17, 15) is 0 Å². The van der Waals surface area contributed by atoms with Gasteiger partial charge in [-0.25, -0.2) is 4.98 Å². The topological polar surface area (TPSA) is 33.6 Å². The number of hydrogen-bond donors (Lipinski definition) is 1. The molecule has 0 aliphatic carbocycles. The molecule has 0 unspecified atom stereocenters. The number of aryl methyl sites for hydroxylation is 2. The maximum absolute atomic E-state index is 4.41. The molecule has 1 aliphatic heterocycles. The number of benzene rings is 1. The standard InChI is InChI=1S/C14H13N3/c1-9-15-8-13-14-11(6-7-17(9)13)10-4-2-3-5-12(10)16-14/h2-5,8,16H,6-7H2,1H3. The first-order chi connectivity index (χ1) is 8.34. The minimum Gasteiger partial charge on any atom is -0.353 e. The van der Waals surface area contributed by atoms with Gasteiger partial charge >= 0.3 is 0 Å². The Morgan fingerprint density at radius 2 is 2.18 bits per heavy atom. The molecule has 0 spiro atoms. The maximum Gasteiger partial charge on any atom is 0.106 e. The fraction of sp³-hybridized carbons (Fsp3) is 0.214. The highest BCUT2D eigenvalue weighted by molar-refractivity contribution is 5.90. The Kier molecular flexibility index (Phi) is 1.60. The summed E-state index contributed by atoms with van der Waals surface area (Å²) >= 11 is 0. The van der Waals surface area contributed by atoms with Gasteiger partial charge in [0, 0.05) is 17.4 Å². The highest BCUT2D eigenvalue weighted by atomic mass is 15.1. The lowest BCUT2D eigenvalue weighted by molar-refractivity contribution is 0.664. The van der Waals surface area contributed by atoms with Crippen LogP contribution in [-0.2, 0) is 13.0 Å². The quantitative estimate of drug-likeness (QED) is 0.624. The molecule has 0 atom stereocenters. The number of hydrogen-bond acceptors (Lipinski definition) is 1. The van der Waals surface area contributed by atoms with Gasteiger partial charge < -0.3 is 9.55 Å². The van der Waals surface area contributed by atoms with Crippen LogP contribution < -0.4 is 0 Å². The SMILES string of the molecule is Cc1ncc2n1CCc1c-2[nH]c2ccccc12. The van der Waals surface area contributed by atoms with Crippen LogP contribution in [0.1, 0.15) is 11.4 Å². The normalized spacial score (nSPS) is 13.7. The molecule has 0 fully saturated rings. The molecule has 3 aromatic rings. The lowest BCUT2D eigenvalue weighted by atomic mass is 10.0. The molecule has 1 aliphatic rings. The molecule has 0 saturated carbocycles. The monoisotopic (exact) mass is 223 g/mol. The van der Waals surface area contributed by atoms with Crippen molar-refractivity contribution in [3.63, 3.8) is 0 Å². The molecule has 3 heterocycles. The van der Waals surface area contributed by atoms with E-state index >= 15 is 0 Å². The van der Waals surface area contributed by atoms with E-state index in [2.05, 4.69) is 45.7 Å². The second-order valence-corrected chi connectivity index (χ2v) is 4.62. The predicted octanol–water partition coefficient (Wildman–Crippen LogP) is 2.90. The summed E-state index contributed by atoms with van der Waals surface area (Å²) in [6, 6.07) is 8.52. The summed E-state index contributed by atoms with van der Waals surface area (Å²) in [7, 11) is 0. The molecule has 0 saturated heterocycles. The molecule has 4 rings (SSSR count). The minimum atomic E-state index is 1.04. The Morgan fingerprint density at radius 1 is 1.29 bits per heavy atom. The molecular formula is C14H13N3. The van der Waals surface area contributed by atoms with Crippen LogP contribution in [0.5, 0.6) is 0 Å². The number of aromatic nitrogens is 3. The van der Waals surface area contributed by atoms with Crippen LogP contribution in [0.4, 0.5) is 0 Å². The van der Waals surface area contributed by atoms with Crippen molar-refractivity contribution >= 4 is 10.9 Å². The smallest absolute Gasteiger partial charge is 0.106 e. The van der Waals surface area contributed by atoms with Gasteiger partial charge in [-0.1, -0.05) is 18.2 Å². The maximum atomic E-state index is 4.41. The number of rotatable bonds is 0. The van der Waals surface area contributed by atoms with Crippen LogP contribution in [0.3, 0.4) is 0 Å². The Hall–Kier alpha value is -2.03. The zero-order chi connectivity index (χ0) is 11.4. The van der Waals surface area contributed by atoms with Crippen LogP contribution >= 0.6 is 0 Å². The Balaban J connectivity index is 2.10. The van der Waals surface area contributed by atoms with E-state index in [1.165, 1.54) is 27.9 Å². The zero-order valence-corrected chi connectivity index (χ0v) is 9.70. The first kappa shape index (κ1) is 9.05. The molecule has 1 aromatic carbocycles. The van der Waals surface area contributed by atoms with Crippen LogP contribution in [0.25, 0.3) is 22.3 Å². The van der Waals surface area contributed by atoms with Crippen molar-refractivity contribution in [2.24, 2.45) is 0 Å². The Labute approximate surface area is 99.1 Å². The summed E-state index contributed by atoms with van der Waals surface area (Å²) in [6.07, 6.45) is 3.06. The summed E-state index contributed by atoms with van der Waals surface area (Å²) in [6.45, 7) is 3.10. The van der Waals surface area contributed by atoms with Crippen molar-refractivity contribution in [2.45, 2.75) is 19.9 Å². The lowest BCUT2D eigenvalue weighted by Gasteiger charge is -2.16. The van der Waals surface area contributed by atoms with Gasteiger partial charge in [0.1, 0.15) is 5.82 Å². The van der Waals surface area contributed by atoms with Crippen LogP contribution in [-0.4, -0.2) is 14.5 Å². The minimum absolute atomic E-state index is 1.04. The third kappa shape index (κ3) is 1.08. The summed E-state index contributed by atoms with van der Waals surface area (Å²) in [5.74, 6) is 1.10. The van der Waals surface area contributed by atoms with Crippen molar-refractivity contribution in [1.82, 2.24) is 14.5 Å². The molecule has 0 radical (unpaired) electrons. The van der Waals surface area contributed by atoms with Crippen molar-refractivity contribution in [3.8, 4) is 11.4 Å². The van der Waals surface area contributed by atoms with Gasteiger partial charge in [0.25, 0.3) is 0 Å². The third-order valence-electron chi connectivity index (χ3n) is 3.71. The average Bonchev–Trinajstić information content (AvgIpc) is 2.90. The van der Waals surface area contributed by atoms with E-state index in [1.54, 1.807) is 0 Å². The second-order valence-electron chi connectivity index (χ2n) is 4.62. The van der Waals surface area contributed by atoms with Crippen molar-refractivity contribution in [2.75, 3.05) is 0 Å². The molecule has 1 N–H and O–H groups in total. The van der Waals surface area contributed by atoms with Crippen LogP contribution in [0, 0.1) is 6.92 Å². The first-order valence-corrected chi connectivity index (χ1v) is 5.96. The summed E-state index contributed by atoms with van der Waals surface area (Å²) in [5, 5.41) is 1.35. The molecule has 84 valence electrons. The van der Waals surface area contributed by atoms with Crippen molar-refractivity contribution in [1.29, 1.82) is 0 Å². The van der Waals surface area contributed by atoms with E-state index in [1.807, 2.05) is 6.20 Å². The van der Waals surface area contributed by atoms with Gasteiger partial charge in [0.15, 0.2) is 0 Å². The summed E-state index contributed by atoms with van der Waals surface area (Å²) < 4.78 is 2.29. The number of para-hydroxylation sites is 1. The Bertz CT molecular complexity index is 718. The fourth-order valence-corrected chi connectivity index (χ4v) is 2.85. The third-order valence-corrected chi connectivity index (χ3v) is 3.71. The van der Waals surface area contributed by atoms with E-state index in [0.717, 1.165) is 18.8 Å². The van der Waals surface area contributed by atoms with Gasteiger partial charge in [-0.2, -0.15) is 0 Å². The molecule has 2 aromatic heterocycles. The first-order valence-electron chi connectivity index (χ1n) is 5.96. The lowest BCUT2D eigenvalue weighted by Crippen LogP contribution is -2.11. The zero-order valence-electron chi connectivity index (χ0n) is 9.70. The highest BCUT2D eigenvalue weighted by Crippen LogP contribution is 2.34. The van der Waals surface area contributed by atoms with Crippen molar-refractivity contribution < 1.29 is 0 Å². The highest BCUT2D eigenvalue weighted by Gasteiger charge is 2.21. The predicted molar refractivity (Wildman–Crippen MR) is 68.0 cm³/mol. The van der Waals surface area contributed by atoms with Gasteiger partial charge in [-0.3, -0.25) is 0 Å². The number of aromatic amines is 1. The summed E-state index contributed by atoms with van der Waals surface area (Å²) in [4.78, 5) is 7.93. The molecule has 3 nitrogen and oxygen atoms in total. The van der Waals surface area contributed by atoms with Gasteiger partial charge in [0.2, 0.25) is 0 Å². The van der Waals surface area contributed by atoms with E-state index in [0.29, 0.717) is 0 Å². The molecule has 17 heavy (non-hydrogen) atoms. The number of H-pyrrole nitrogens is 1. The van der Waals surface area contributed by atoms with Crippen LogP contribution in [0.2, 0.25) is 0 Å². The van der Waals surface area contributed by atoms with Gasteiger partial charge in [-0.05, 0) is 25.0 Å². The fourth-order valence-electron chi connectivity index (χ4n) is 2.85. The molecular weight excluding hydrogens is 210 g/mol. The van der Waals surface area contributed by atoms with Crippen LogP contribution in [0.15, 0.2) is 30.5 Å². The van der Waals surface area contributed by atoms with Gasteiger partial charge in [-0.15, -0.1) is 0 Å². The number of nitrogens with one attached hydrogen (secondary N) is 1. The Morgan fingerprint density at radius 3 is 3.12 bits per heavy atom. The van der Waals surface area contributed by atoms with E-state index in [-0.39, 0.29) is 0 Å². The largest absolute Gasteiger partial charge is 0.353 e. The van der Waals surface area contributed by atoms with E-state index in [4.69, 9.17) is 0 Å². The molecule has 0 amide bonds. The number of nitrogens with zero attached hydrogens (tertiary/aromatic N) is 2. The average molecular weight is 223 g/mol. The van der Waals surface area contributed by atoms with Gasteiger partial charge in [0.05, 0.1) is 17.6 Å². The molecule has 0 bridgehead atoms. The van der Waals surface area contributed by atoms with E-state index < -0.39 is 0 Å².